The van der Waals surface area contributed by atoms with E-state index >= 15 is 0 Å². The zero-order chi connectivity index (χ0) is 11.5. The predicted molar refractivity (Wildman–Crippen MR) is 69.0 cm³/mol. The molecule has 0 unspecified atom stereocenters. The van der Waals surface area contributed by atoms with Crippen LogP contribution in [-0.2, 0) is 0 Å². The summed E-state index contributed by atoms with van der Waals surface area (Å²) in [4.78, 5) is 0. The normalized spacial score (nSPS) is 20.6. The van der Waals surface area contributed by atoms with Gasteiger partial charge in [0, 0.05) is 0 Å². The number of rotatable bonds is 4. The van der Waals surface area contributed by atoms with E-state index in [0.29, 0.717) is 10.8 Å². The second kappa shape index (κ2) is 4.89. The Morgan fingerprint density at radius 3 is 1.93 bits per heavy atom. The van der Waals surface area contributed by atoms with Gasteiger partial charge in [-0.1, -0.05) is 60.3 Å². The van der Waals surface area contributed by atoms with Crippen LogP contribution in [0.4, 0.5) is 0 Å². The van der Waals surface area contributed by atoms with E-state index < -0.39 is 0 Å². The SMILES string of the molecule is CCC(C)(C)CC(C)(C)C1CCCCC1. The first kappa shape index (κ1) is 13.1. The maximum absolute atomic E-state index is 2.50. The van der Waals surface area contributed by atoms with Gasteiger partial charge in [0.25, 0.3) is 0 Å². The summed E-state index contributed by atoms with van der Waals surface area (Å²) in [6.45, 7) is 12.2. The predicted octanol–water partition coefficient (Wildman–Crippen LogP) is 5.42. The molecule has 1 aliphatic carbocycles. The van der Waals surface area contributed by atoms with E-state index in [1.54, 1.807) is 0 Å². The molecule has 0 spiro atoms. The molecule has 0 aromatic heterocycles. The summed E-state index contributed by atoms with van der Waals surface area (Å²) in [5.41, 5.74) is 1.08. The van der Waals surface area contributed by atoms with Gasteiger partial charge in [-0.25, -0.2) is 0 Å². The second-order valence-electron chi connectivity index (χ2n) is 7.02. The highest BCUT2D eigenvalue weighted by atomic mass is 14.4. The molecule has 0 N–H and O–H groups in total. The van der Waals surface area contributed by atoms with Crippen molar-refractivity contribution in [2.75, 3.05) is 0 Å². The first-order valence-corrected chi connectivity index (χ1v) is 6.87. The van der Waals surface area contributed by atoms with E-state index in [9.17, 15) is 0 Å². The van der Waals surface area contributed by atoms with E-state index in [4.69, 9.17) is 0 Å². The van der Waals surface area contributed by atoms with E-state index in [1.165, 1.54) is 44.9 Å². The Kier molecular flexibility index (Phi) is 4.26. The van der Waals surface area contributed by atoms with Crippen LogP contribution in [0.1, 0.15) is 79.6 Å². The third-order valence-electron chi connectivity index (χ3n) is 4.60. The third-order valence-corrected chi connectivity index (χ3v) is 4.60. The van der Waals surface area contributed by atoms with Gasteiger partial charge >= 0.3 is 0 Å². The average molecular weight is 210 g/mol. The van der Waals surface area contributed by atoms with Gasteiger partial charge in [-0.15, -0.1) is 0 Å². The lowest BCUT2D eigenvalue weighted by atomic mass is 9.64. The minimum Gasteiger partial charge on any atom is -0.0649 e. The molecule has 0 bridgehead atoms. The Bertz CT molecular complexity index is 182. The van der Waals surface area contributed by atoms with Crippen molar-refractivity contribution in [2.24, 2.45) is 16.7 Å². The summed E-state index contributed by atoms with van der Waals surface area (Å²) in [5.74, 6) is 0.983. The van der Waals surface area contributed by atoms with Crippen LogP contribution in [0.15, 0.2) is 0 Å². The van der Waals surface area contributed by atoms with Crippen LogP contribution in [0.5, 0.6) is 0 Å². The number of hydrogen-bond acceptors (Lipinski definition) is 0. The fourth-order valence-corrected chi connectivity index (χ4v) is 3.39. The summed E-state index contributed by atoms with van der Waals surface area (Å²) >= 11 is 0. The lowest BCUT2D eigenvalue weighted by molar-refractivity contribution is 0.0900. The molecule has 0 nitrogen and oxygen atoms in total. The molecule has 0 saturated heterocycles. The molecule has 0 aromatic rings. The Balaban J connectivity index is 2.56. The minimum absolute atomic E-state index is 0.529. The molecule has 1 rings (SSSR count). The largest absolute Gasteiger partial charge is 0.0649 e. The molecule has 0 atom stereocenters. The molecular weight excluding hydrogens is 180 g/mol. The maximum Gasteiger partial charge on any atom is -0.0321 e. The first-order valence-electron chi connectivity index (χ1n) is 6.87. The average Bonchev–Trinajstić information content (AvgIpc) is 2.18. The van der Waals surface area contributed by atoms with Crippen LogP contribution in [0.3, 0.4) is 0 Å². The Morgan fingerprint density at radius 2 is 1.47 bits per heavy atom. The van der Waals surface area contributed by atoms with Crippen molar-refractivity contribution in [1.29, 1.82) is 0 Å². The Morgan fingerprint density at radius 1 is 0.933 bits per heavy atom. The molecular formula is C15H30. The maximum atomic E-state index is 2.50. The van der Waals surface area contributed by atoms with E-state index in [2.05, 4.69) is 34.6 Å². The smallest absolute Gasteiger partial charge is 0.0321 e. The quantitative estimate of drug-likeness (QED) is 0.581. The van der Waals surface area contributed by atoms with Crippen LogP contribution in [0.25, 0.3) is 0 Å². The van der Waals surface area contributed by atoms with Gasteiger partial charge in [-0.05, 0) is 36.0 Å². The van der Waals surface area contributed by atoms with Crippen LogP contribution in [0.2, 0.25) is 0 Å². The summed E-state index contributed by atoms with van der Waals surface area (Å²) in [6, 6.07) is 0. The van der Waals surface area contributed by atoms with Crippen molar-refractivity contribution in [3.05, 3.63) is 0 Å². The molecule has 0 heteroatoms. The lowest BCUT2D eigenvalue weighted by Gasteiger charge is -2.42. The van der Waals surface area contributed by atoms with Gasteiger partial charge in [0.1, 0.15) is 0 Å². The van der Waals surface area contributed by atoms with Gasteiger partial charge in [0.2, 0.25) is 0 Å². The zero-order valence-electron chi connectivity index (χ0n) is 11.5. The van der Waals surface area contributed by atoms with Crippen molar-refractivity contribution in [1.82, 2.24) is 0 Å². The van der Waals surface area contributed by atoms with Crippen LogP contribution >= 0.6 is 0 Å². The summed E-state index contributed by atoms with van der Waals surface area (Å²) in [5, 5.41) is 0. The van der Waals surface area contributed by atoms with Crippen LogP contribution in [0, 0.1) is 16.7 Å². The Labute approximate surface area is 96.8 Å². The highest BCUT2D eigenvalue weighted by molar-refractivity contribution is 4.85. The van der Waals surface area contributed by atoms with Crippen LogP contribution in [-0.4, -0.2) is 0 Å². The molecule has 1 fully saturated rings. The fraction of sp³-hybridized carbons (Fsp3) is 1.00. The molecule has 0 heterocycles. The van der Waals surface area contributed by atoms with Gasteiger partial charge in [0.15, 0.2) is 0 Å². The van der Waals surface area contributed by atoms with Crippen LogP contribution < -0.4 is 0 Å². The summed E-state index contributed by atoms with van der Waals surface area (Å²) in [7, 11) is 0. The molecule has 0 amide bonds. The molecule has 90 valence electrons. The van der Waals surface area contributed by atoms with E-state index in [-0.39, 0.29) is 0 Å². The van der Waals surface area contributed by atoms with E-state index in [1.807, 2.05) is 0 Å². The molecule has 1 aliphatic rings. The van der Waals surface area contributed by atoms with Crippen molar-refractivity contribution in [3.8, 4) is 0 Å². The van der Waals surface area contributed by atoms with E-state index in [0.717, 1.165) is 5.92 Å². The molecule has 0 aromatic carbocycles. The first-order chi connectivity index (χ1) is 6.87. The standard InChI is InChI=1S/C15H30/c1-6-14(2,3)12-15(4,5)13-10-8-7-9-11-13/h13H,6-12H2,1-5H3. The monoisotopic (exact) mass is 210 g/mol. The Hall–Kier alpha value is 0. The second-order valence-corrected chi connectivity index (χ2v) is 7.02. The zero-order valence-corrected chi connectivity index (χ0v) is 11.5. The summed E-state index contributed by atoms with van der Waals surface area (Å²) in [6.07, 6.45) is 10.1. The minimum atomic E-state index is 0.529. The molecule has 0 aliphatic heterocycles. The van der Waals surface area contributed by atoms with Gasteiger partial charge in [-0.2, -0.15) is 0 Å². The molecule has 1 saturated carbocycles. The fourth-order valence-electron chi connectivity index (χ4n) is 3.39. The summed E-state index contributed by atoms with van der Waals surface area (Å²) < 4.78 is 0. The van der Waals surface area contributed by atoms with Crippen molar-refractivity contribution < 1.29 is 0 Å². The van der Waals surface area contributed by atoms with Crippen molar-refractivity contribution in [3.63, 3.8) is 0 Å². The van der Waals surface area contributed by atoms with Gasteiger partial charge in [0.05, 0.1) is 0 Å². The third kappa shape index (κ3) is 3.81. The highest BCUT2D eigenvalue weighted by Gasteiger charge is 2.34. The number of hydrogen-bond donors (Lipinski definition) is 0. The highest BCUT2D eigenvalue weighted by Crippen LogP contribution is 2.46. The lowest BCUT2D eigenvalue weighted by Crippen LogP contribution is -2.31. The van der Waals surface area contributed by atoms with Gasteiger partial charge in [-0.3, -0.25) is 0 Å². The van der Waals surface area contributed by atoms with Crippen molar-refractivity contribution in [2.45, 2.75) is 79.6 Å². The van der Waals surface area contributed by atoms with Gasteiger partial charge < -0.3 is 0 Å². The topological polar surface area (TPSA) is 0 Å². The molecule has 15 heavy (non-hydrogen) atoms. The van der Waals surface area contributed by atoms with Crippen molar-refractivity contribution >= 4 is 0 Å². The molecule has 0 radical (unpaired) electrons.